The number of benzene rings is 1. The van der Waals surface area contributed by atoms with Crippen LogP contribution in [0.4, 0.5) is 0 Å². The molecule has 0 amide bonds. The Morgan fingerprint density at radius 2 is 1.88 bits per heavy atom. The fraction of sp³-hybridized carbons (Fsp3) is 0.312. The molecule has 8 heteroatoms. The molecule has 3 rings (SSSR count). The Bertz CT molecular complexity index is 1000. The third-order valence-corrected chi connectivity index (χ3v) is 5.51. The van der Waals surface area contributed by atoms with E-state index < -0.39 is 9.84 Å². The first-order chi connectivity index (χ1) is 11.3. The minimum Gasteiger partial charge on any atom is -0.317 e. The molecule has 0 fully saturated rings. The molecular formula is C16H19N5O2S. The topological polar surface area (TPSA) is 82.7 Å². The average Bonchev–Trinajstić information content (AvgIpc) is 3.12. The van der Waals surface area contributed by atoms with E-state index in [2.05, 4.69) is 15.2 Å². The Hall–Kier alpha value is -2.48. The number of hydrogen-bond acceptors (Lipinski definition) is 5. The Labute approximate surface area is 140 Å². The summed E-state index contributed by atoms with van der Waals surface area (Å²) in [7, 11) is -1.91. The van der Waals surface area contributed by atoms with Gasteiger partial charge in [0.05, 0.1) is 5.69 Å². The number of nitrogens with zero attached hydrogens (tertiary/aromatic N) is 5. The number of imidazole rings is 1. The van der Waals surface area contributed by atoms with E-state index in [9.17, 15) is 8.42 Å². The van der Waals surface area contributed by atoms with Crippen molar-refractivity contribution in [2.75, 3.05) is 0 Å². The Balaban J connectivity index is 2.06. The van der Waals surface area contributed by atoms with Crippen molar-refractivity contribution in [2.24, 2.45) is 7.05 Å². The summed E-state index contributed by atoms with van der Waals surface area (Å²) >= 11 is 0. The molecular weight excluding hydrogens is 326 g/mol. The van der Waals surface area contributed by atoms with Gasteiger partial charge in [-0.1, -0.05) is 12.1 Å². The van der Waals surface area contributed by atoms with Crippen molar-refractivity contribution in [3.63, 3.8) is 0 Å². The maximum atomic E-state index is 12.9. The van der Waals surface area contributed by atoms with E-state index in [1.165, 1.54) is 6.20 Å². The number of aromatic nitrogens is 5. The van der Waals surface area contributed by atoms with Gasteiger partial charge in [-0.05, 0) is 38.0 Å². The molecule has 0 radical (unpaired) electrons. The molecule has 0 saturated carbocycles. The summed E-state index contributed by atoms with van der Waals surface area (Å²) in [6.07, 6.45) is 3.16. The van der Waals surface area contributed by atoms with E-state index in [0.717, 1.165) is 16.8 Å². The minimum absolute atomic E-state index is 0.0110. The molecule has 0 aliphatic heterocycles. The normalized spacial score (nSPS) is 11.8. The Kier molecular flexibility index (Phi) is 4.00. The average molecular weight is 345 g/mol. The predicted molar refractivity (Wildman–Crippen MR) is 89.7 cm³/mol. The van der Waals surface area contributed by atoms with Crippen molar-refractivity contribution in [2.45, 2.75) is 31.7 Å². The standard InChI is InChI=1S/C16H19N5O2S/c1-11-5-6-12(2)14(9-11)21-8-7-17-16(21)24(22,23)10-15-19-18-13(3)20(15)4/h5-9H,10H2,1-4H3. The smallest absolute Gasteiger partial charge is 0.232 e. The van der Waals surface area contributed by atoms with Gasteiger partial charge in [0.1, 0.15) is 17.4 Å². The van der Waals surface area contributed by atoms with E-state index in [1.54, 1.807) is 29.3 Å². The van der Waals surface area contributed by atoms with Crippen molar-refractivity contribution in [1.29, 1.82) is 0 Å². The molecule has 0 N–H and O–H groups in total. The quantitative estimate of drug-likeness (QED) is 0.721. The van der Waals surface area contributed by atoms with Crippen LogP contribution in [0.3, 0.4) is 0 Å². The molecule has 0 aliphatic rings. The molecule has 0 bridgehead atoms. The lowest BCUT2D eigenvalue weighted by Crippen LogP contribution is -2.15. The molecule has 2 heterocycles. The van der Waals surface area contributed by atoms with E-state index in [4.69, 9.17) is 0 Å². The molecule has 3 aromatic rings. The monoisotopic (exact) mass is 345 g/mol. The van der Waals surface area contributed by atoms with Gasteiger partial charge in [0.25, 0.3) is 0 Å². The highest BCUT2D eigenvalue weighted by Gasteiger charge is 2.25. The molecule has 0 spiro atoms. The highest BCUT2D eigenvalue weighted by molar-refractivity contribution is 7.90. The number of sulfone groups is 1. The summed E-state index contributed by atoms with van der Waals surface area (Å²) in [5.41, 5.74) is 2.83. The molecule has 2 aromatic heterocycles. The van der Waals surface area contributed by atoms with Gasteiger partial charge in [-0.3, -0.25) is 4.57 Å². The third kappa shape index (κ3) is 2.84. The highest BCUT2D eigenvalue weighted by atomic mass is 32.2. The van der Waals surface area contributed by atoms with Crippen molar-refractivity contribution in [3.05, 3.63) is 53.4 Å². The number of aryl methyl sites for hydroxylation is 3. The zero-order valence-corrected chi connectivity index (χ0v) is 14.9. The molecule has 24 heavy (non-hydrogen) atoms. The van der Waals surface area contributed by atoms with Crippen LogP contribution in [0.2, 0.25) is 0 Å². The molecule has 0 atom stereocenters. The van der Waals surface area contributed by atoms with Crippen LogP contribution < -0.4 is 0 Å². The summed E-state index contributed by atoms with van der Waals surface area (Å²) in [6, 6.07) is 5.90. The van der Waals surface area contributed by atoms with Crippen LogP contribution in [0.1, 0.15) is 22.8 Å². The van der Waals surface area contributed by atoms with Crippen molar-refractivity contribution < 1.29 is 8.42 Å². The lowest BCUT2D eigenvalue weighted by molar-refractivity contribution is 0.580. The fourth-order valence-electron chi connectivity index (χ4n) is 2.49. The zero-order chi connectivity index (χ0) is 17.5. The van der Waals surface area contributed by atoms with E-state index in [1.807, 2.05) is 32.0 Å². The van der Waals surface area contributed by atoms with Crippen LogP contribution in [-0.4, -0.2) is 32.7 Å². The predicted octanol–water partition coefficient (Wildman–Crippen LogP) is 1.90. The second-order valence-corrected chi connectivity index (χ2v) is 7.73. The van der Waals surface area contributed by atoms with Gasteiger partial charge in [-0.15, -0.1) is 10.2 Å². The van der Waals surface area contributed by atoms with Gasteiger partial charge in [0.15, 0.2) is 0 Å². The molecule has 126 valence electrons. The van der Waals surface area contributed by atoms with Gasteiger partial charge >= 0.3 is 0 Å². The van der Waals surface area contributed by atoms with Crippen molar-refractivity contribution in [1.82, 2.24) is 24.3 Å². The lowest BCUT2D eigenvalue weighted by Gasteiger charge is -2.12. The second-order valence-electron chi connectivity index (χ2n) is 5.85. The third-order valence-electron chi connectivity index (χ3n) is 4.01. The lowest BCUT2D eigenvalue weighted by atomic mass is 10.1. The van der Waals surface area contributed by atoms with Crippen molar-refractivity contribution >= 4 is 9.84 Å². The summed E-state index contributed by atoms with van der Waals surface area (Å²) in [5, 5.41) is 7.86. The summed E-state index contributed by atoms with van der Waals surface area (Å²) < 4.78 is 29.0. The van der Waals surface area contributed by atoms with Gasteiger partial charge in [0.2, 0.25) is 15.0 Å². The van der Waals surface area contributed by atoms with Crippen LogP contribution in [0.15, 0.2) is 35.7 Å². The number of hydrogen-bond donors (Lipinski definition) is 0. The van der Waals surface area contributed by atoms with Gasteiger partial charge in [-0.25, -0.2) is 13.4 Å². The summed E-state index contributed by atoms with van der Waals surface area (Å²) in [5.74, 6) is 0.813. The maximum Gasteiger partial charge on any atom is 0.232 e. The molecule has 0 saturated heterocycles. The second kappa shape index (κ2) is 5.86. The molecule has 1 aromatic carbocycles. The number of rotatable bonds is 4. The zero-order valence-electron chi connectivity index (χ0n) is 14.1. The van der Waals surface area contributed by atoms with Gasteiger partial charge < -0.3 is 4.57 Å². The Morgan fingerprint density at radius 3 is 2.54 bits per heavy atom. The highest BCUT2D eigenvalue weighted by Crippen LogP contribution is 2.22. The van der Waals surface area contributed by atoms with Crippen LogP contribution in [0, 0.1) is 20.8 Å². The van der Waals surface area contributed by atoms with Crippen LogP contribution >= 0.6 is 0 Å². The SMILES string of the molecule is Cc1ccc(C)c(-n2ccnc2S(=O)(=O)Cc2nnc(C)n2C)c1. The van der Waals surface area contributed by atoms with E-state index >= 15 is 0 Å². The van der Waals surface area contributed by atoms with Crippen molar-refractivity contribution in [3.8, 4) is 5.69 Å². The largest absolute Gasteiger partial charge is 0.317 e. The van der Waals surface area contributed by atoms with E-state index in [0.29, 0.717) is 11.6 Å². The first kappa shape index (κ1) is 16.4. The fourth-order valence-corrected chi connectivity index (χ4v) is 3.89. The first-order valence-electron chi connectivity index (χ1n) is 7.48. The summed E-state index contributed by atoms with van der Waals surface area (Å²) in [6.45, 7) is 5.69. The molecule has 7 nitrogen and oxygen atoms in total. The van der Waals surface area contributed by atoms with Gasteiger partial charge in [0, 0.05) is 19.4 Å². The minimum atomic E-state index is -3.66. The maximum absolute atomic E-state index is 12.9. The van der Waals surface area contributed by atoms with Crippen LogP contribution in [0.5, 0.6) is 0 Å². The molecule has 0 unspecified atom stereocenters. The molecule has 0 aliphatic carbocycles. The van der Waals surface area contributed by atoms with Gasteiger partial charge in [-0.2, -0.15) is 0 Å². The van der Waals surface area contributed by atoms with E-state index in [-0.39, 0.29) is 10.9 Å². The van der Waals surface area contributed by atoms with Crippen LogP contribution in [-0.2, 0) is 22.6 Å². The first-order valence-corrected chi connectivity index (χ1v) is 9.13. The summed E-state index contributed by atoms with van der Waals surface area (Å²) in [4.78, 5) is 4.09. The Morgan fingerprint density at radius 1 is 1.12 bits per heavy atom. The van der Waals surface area contributed by atoms with Crippen LogP contribution in [0.25, 0.3) is 5.69 Å².